The molecule has 0 atom stereocenters. The molecular weight excluding hydrogens is 208 g/mol. The van der Waals surface area contributed by atoms with Crippen LogP contribution in [0.15, 0.2) is 0 Å². The summed E-state index contributed by atoms with van der Waals surface area (Å²) < 4.78 is 0. The van der Waals surface area contributed by atoms with E-state index in [9.17, 15) is 0 Å². The van der Waals surface area contributed by atoms with Crippen LogP contribution < -0.4 is 10.2 Å². The van der Waals surface area contributed by atoms with Crippen molar-refractivity contribution in [1.29, 1.82) is 0 Å². The van der Waals surface area contributed by atoms with E-state index in [0.29, 0.717) is 0 Å². The minimum absolute atomic E-state index is 0. The van der Waals surface area contributed by atoms with Gasteiger partial charge in [0.25, 0.3) is 0 Å². The van der Waals surface area contributed by atoms with Crippen LogP contribution in [0, 0.1) is 0 Å². The zero-order chi connectivity index (χ0) is 10.6. The predicted molar refractivity (Wildman–Crippen MR) is 41.3 cm³/mol. The summed E-state index contributed by atoms with van der Waals surface area (Å²) in [5, 5.41) is 33.0. The molecule has 74 valence electrons. The van der Waals surface area contributed by atoms with Gasteiger partial charge in [0, 0.05) is 11.9 Å². The molecule has 0 aliphatic rings. The molecule has 7 heteroatoms. The van der Waals surface area contributed by atoms with Crippen molar-refractivity contribution >= 4 is 49.7 Å². The Kier molecular flexibility index (Phi) is 40.5. The monoisotopic (exact) mass is 220 g/mol. The van der Waals surface area contributed by atoms with Crippen LogP contribution in [0.4, 0.5) is 0 Å². The number of hydrogen-bond donors (Lipinski definition) is 2. The van der Waals surface area contributed by atoms with Gasteiger partial charge in [-0.25, -0.2) is 0 Å². The molecule has 0 radical (unpaired) electrons. The average Bonchev–Trinajstić information content (AvgIpc) is 1.85. The predicted octanol–water partition coefficient (Wildman–Crippen LogP) is -3.90. The molecule has 0 saturated carbocycles. The maximum absolute atomic E-state index is 8.89. The van der Waals surface area contributed by atoms with Gasteiger partial charge in [0.2, 0.25) is 0 Å². The number of hydrogen-bond acceptors (Lipinski definition) is 6. The van der Waals surface area contributed by atoms with Crippen molar-refractivity contribution < 1.29 is 30.0 Å². The first-order valence-electron chi connectivity index (χ1n) is 2.95. The molecule has 0 rings (SSSR count). The molecule has 0 aromatic heterocycles. The Hall–Kier alpha value is 0.120. The van der Waals surface area contributed by atoms with Crippen LogP contribution in [0.5, 0.6) is 0 Å². The maximum atomic E-state index is 8.89. The van der Waals surface area contributed by atoms with Gasteiger partial charge in [-0.15, -0.1) is 0 Å². The van der Waals surface area contributed by atoms with Crippen LogP contribution in [0.25, 0.3) is 0 Å². The van der Waals surface area contributed by atoms with Gasteiger partial charge in [0.05, 0.1) is 13.2 Å². The molecule has 13 heavy (non-hydrogen) atoms. The molecule has 0 aliphatic carbocycles. The second-order valence-corrected chi connectivity index (χ2v) is 1.43. The number of carboxylic acid groups (broad SMARTS) is 2. The third-order valence-electron chi connectivity index (χ3n) is 0.1000. The van der Waals surface area contributed by atoms with Crippen LogP contribution in [0.2, 0.25) is 0 Å². The molecule has 0 saturated heterocycles. The fraction of sp³-hybridized carbons (Fsp3) is 0.667. The summed E-state index contributed by atoms with van der Waals surface area (Å²) in [6, 6.07) is 0. The fourth-order valence-electron chi connectivity index (χ4n) is 0. The van der Waals surface area contributed by atoms with E-state index in [1.54, 1.807) is 0 Å². The number of aliphatic hydroxyl groups is 2. The molecule has 0 heterocycles. The van der Waals surface area contributed by atoms with Crippen LogP contribution in [0.3, 0.4) is 0 Å². The summed E-state index contributed by atoms with van der Waals surface area (Å²) in [6.07, 6.45) is 0. The van der Waals surface area contributed by atoms with Gasteiger partial charge < -0.3 is 30.0 Å². The Balaban J connectivity index is -0.0000000450. The summed E-state index contributed by atoms with van der Waals surface area (Å²) in [7, 11) is 0. The Morgan fingerprint density at radius 3 is 1.08 bits per heavy atom. The number of aliphatic carboxylic acids is 2. The van der Waals surface area contributed by atoms with E-state index in [0.717, 1.165) is 13.8 Å². The van der Waals surface area contributed by atoms with Crippen molar-refractivity contribution in [1.82, 2.24) is 0 Å². The largest absolute Gasteiger partial charge is 2.00 e. The molecule has 0 aromatic carbocycles. The molecule has 0 aromatic rings. The molecule has 0 fully saturated rings. The molecular formula is C6H12CaO6. The van der Waals surface area contributed by atoms with E-state index in [4.69, 9.17) is 30.0 Å². The number of rotatable bonds is 1. The molecule has 2 N–H and O–H groups in total. The van der Waals surface area contributed by atoms with E-state index < -0.39 is 11.9 Å². The normalized spacial score (nSPS) is 6.15. The summed E-state index contributed by atoms with van der Waals surface area (Å²) >= 11 is 0. The van der Waals surface area contributed by atoms with Gasteiger partial charge in [-0.2, -0.15) is 0 Å². The van der Waals surface area contributed by atoms with E-state index in [1.807, 2.05) is 0 Å². The molecule has 0 aliphatic heterocycles. The van der Waals surface area contributed by atoms with E-state index >= 15 is 0 Å². The Morgan fingerprint density at radius 1 is 1.00 bits per heavy atom. The first-order valence-corrected chi connectivity index (χ1v) is 2.95. The summed E-state index contributed by atoms with van der Waals surface area (Å²) in [5.74, 6) is -2.17. The summed E-state index contributed by atoms with van der Waals surface area (Å²) in [5.41, 5.74) is 0. The number of carbonyl (C=O) groups is 2. The molecule has 0 unspecified atom stereocenters. The Labute approximate surface area is 106 Å². The van der Waals surface area contributed by atoms with Crippen molar-refractivity contribution in [3.05, 3.63) is 0 Å². The molecule has 0 bridgehead atoms. The first-order chi connectivity index (χ1) is 5.38. The van der Waals surface area contributed by atoms with Crippen LogP contribution in [0.1, 0.15) is 13.8 Å². The van der Waals surface area contributed by atoms with Crippen molar-refractivity contribution in [3.63, 3.8) is 0 Å². The quantitative estimate of drug-likeness (QED) is 0.436. The van der Waals surface area contributed by atoms with Crippen LogP contribution >= 0.6 is 0 Å². The zero-order valence-electron chi connectivity index (χ0n) is 7.65. The molecule has 0 amide bonds. The van der Waals surface area contributed by atoms with E-state index in [-0.39, 0.29) is 51.0 Å². The van der Waals surface area contributed by atoms with Crippen LogP contribution in [-0.4, -0.2) is 73.1 Å². The minimum Gasteiger partial charge on any atom is -0.550 e. The smallest absolute Gasteiger partial charge is 0.550 e. The number of carboxylic acids is 2. The fourth-order valence-corrected chi connectivity index (χ4v) is 0. The standard InChI is InChI=1S/2C2H4O2.C2H6O2.Ca/c2*1-2(3)4;3-1-2-4;/h2*1H3,(H,3,4);3-4H,1-2H2;/q;;;+2/p-2. The number of aliphatic hydroxyl groups excluding tert-OH is 2. The second kappa shape index (κ2) is 22.7. The third-order valence-corrected chi connectivity index (χ3v) is 0.1000. The minimum atomic E-state index is -1.08. The van der Waals surface area contributed by atoms with E-state index in [2.05, 4.69) is 0 Å². The van der Waals surface area contributed by atoms with Crippen molar-refractivity contribution in [2.45, 2.75) is 13.8 Å². The maximum Gasteiger partial charge on any atom is 2.00 e. The van der Waals surface area contributed by atoms with Crippen molar-refractivity contribution in [2.24, 2.45) is 0 Å². The van der Waals surface area contributed by atoms with Gasteiger partial charge in [-0.1, -0.05) is 0 Å². The van der Waals surface area contributed by atoms with Gasteiger partial charge >= 0.3 is 37.7 Å². The Bertz CT molecular complexity index is 93.7. The third kappa shape index (κ3) is 990. The van der Waals surface area contributed by atoms with Gasteiger partial charge in [0.1, 0.15) is 0 Å². The second-order valence-electron chi connectivity index (χ2n) is 1.43. The molecule has 6 nitrogen and oxygen atoms in total. The number of carbonyl (C=O) groups excluding carboxylic acids is 2. The first kappa shape index (κ1) is 23.2. The summed E-state index contributed by atoms with van der Waals surface area (Å²) in [6.45, 7) is 1.69. The van der Waals surface area contributed by atoms with E-state index in [1.165, 1.54) is 0 Å². The van der Waals surface area contributed by atoms with Crippen molar-refractivity contribution in [2.75, 3.05) is 13.2 Å². The van der Waals surface area contributed by atoms with Crippen LogP contribution in [-0.2, 0) is 9.59 Å². The van der Waals surface area contributed by atoms with Gasteiger partial charge in [-0.3, -0.25) is 0 Å². The SMILES string of the molecule is CC(=O)[O-].CC(=O)[O-].OCCO.[Ca+2]. The van der Waals surface area contributed by atoms with Gasteiger partial charge in [0.15, 0.2) is 0 Å². The zero-order valence-corrected chi connectivity index (χ0v) is 9.86. The van der Waals surface area contributed by atoms with Crippen molar-refractivity contribution in [3.8, 4) is 0 Å². The average molecular weight is 220 g/mol. The Morgan fingerprint density at radius 2 is 1.08 bits per heavy atom. The van der Waals surface area contributed by atoms with Gasteiger partial charge in [-0.05, 0) is 13.8 Å². The molecule has 0 spiro atoms. The summed E-state index contributed by atoms with van der Waals surface area (Å²) in [4.78, 5) is 17.8. The topological polar surface area (TPSA) is 121 Å².